The van der Waals surface area contributed by atoms with E-state index in [1.807, 2.05) is 0 Å². The first kappa shape index (κ1) is 20.4. The van der Waals surface area contributed by atoms with Gasteiger partial charge in [0, 0.05) is 24.1 Å². The maximum atomic E-state index is 13.0. The molecule has 7 nitrogen and oxygen atoms in total. The van der Waals surface area contributed by atoms with Gasteiger partial charge in [0.2, 0.25) is 0 Å². The van der Waals surface area contributed by atoms with Gasteiger partial charge in [0.15, 0.2) is 15.0 Å². The summed E-state index contributed by atoms with van der Waals surface area (Å²) in [5, 5.41) is 8.88. The van der Waals surface area contributed by atoms with Crippen molar-refractivity contribution in [3.8, 4) is 0 Å². The number of thioether (sulfide) groups is 1. The van der Waals surface area contributed by atoms with Gasteiger partial charge in [-0.2, -0.15) is 0 Å². The van der Waals surface area contributed by atoms with E-state index < -0.39 is 28.3 Å². The third-order valence-corrected chi connectivity index (χ3v) is 6.15. The summed E-state index contributed by atoms with van der Waals surface area (Å²) >= 11 is 0.764. The van der Waals surface area contributed by atoms with Crippen LogP contribution in [0, 0.1) is 0 Å². The van der Waals surface area contributed by atoms with Crippen molar-refractivity contribution in [1.29, 1.82) is 0 Å². The lowest BCUT2D eigenvalue weighted by Gasteiger charge is -2.28. The van der Waals surface area contributed by atoms with Gasteiger partial charge >= 0.3 is 5.97 Å². The number of nitrogens with zero attached hydrogens (tertiary/aromatic N) is 1. The van der Waals surface area contributed by atoms with Crippen molar-refractivity contribution in [1.82, 2.24) is 4.90 Å². The van der Waals surface area contributed by atoms with E-state index in [-0.39, 0.29) is 26.5 Å². The van der Waals surface area contributed by atoms with Crippen LogP contribution in [0.2, 0.25) is 0 Å². The number of hydrogen-bond donors (Lipinski definition) is 1. The van der Waals surface area contributed by atoms with Crippen molar-refractivity contribution >= 4 is 38.6 Å². The number of aliphatic carboxylic acids is 1. The summed E-state index contributed by atoms with van der Waals surface area (Å²) in [5.41, 5.74) is 0.144. The molecule has 0 saturated heterocycles. The Morgan fingerprint density at radius 3 is 2.35 bits per heavy atom. The van der Waals surface area contributed by atoms with Gasteiger partial charge in [0.05, 0.1) is 10.5 Å². The van der Waals surface area contributed by atoms with Gasteiger partial charge < -0.3 is 10.0 Å². The zero-order valence-electron chi connectivity index (χ0n) is 14.6. The number of benzene rings is 1. The highest BCUT2D eigenvalue weighted by atomic mass is 32.2. The monoisotopic (exact) mass is 399 g/mol. The van der Waals surface area contributed by atoms with Crippen LogP contribution in [0.3, 0.4) is 0 Å². The number of carbonyl (C=O) groups is 3. The van der Waals surface area contributed by atoms with E-state index in [1.165, 1.54) is 30.0 Å². The number of hydrogen-bond acceptors (Lipinski definition) is 6. The van der Waals surface area contributed by atoms with Crippen LogP contribution >= 0.6 is 11.8 Å². The SMILES string of the molecule is CC(=O)Sc1cc(S(C)(=O)=O)ccc1C(=O)N(CC(=O)O)C1CCCC1. The van der Waals surface area contributed by atoms with Gasteiger partial charge in [-0.1, -0.05) is 24.6 Å². The number of amides is 1. The van der Waals surface area contributed by atoms with E-state index in [4.69, 9.17) is 0 Å². The van der Waals surface area contributed by atoms with Crippen molar-refractivity contribution in [3.05, 3.63) is 23.8 Å². The third kappa shape index (κ3) is 5.07. The van der Waals surface area contributed by atoms with Crippen LogP contribution < -0.4 is 0 Å². The molecule has 26 heavy (non-hydrogen) atoms. The summed E-state index contributed by atoms with van der Waals surface area (Å²) in [6.45, 7) is 0.888. The Kier molecular flexibility index (Phi) is 6.46. The van der Waals surface area contributed by atoms with E-state index >= 15 is 0 Å². The molecule has 0 heterocycles. The van der Waals surface area contributed by atoms with Gasteiger partial charge in [0.25, 0.3) is 5.91 Å². The smallest absolute Gasteiger partial charge is 0.323 e. The Hall–Kier alpha value is -1.87. The van der Waals surface area contributed by atoms with Crippen LogP contribution in [-0.4, -0.2) is 54.3 Å². The molecule has 0 bridgehead atoms. The third-order valence-electron chi connectivity index (χ3n) is 4.20. The van der Waals surface area contributed by atoms with Gasteiger partial charge in [-0.15, -0.1) is 0 Å². The van der Waals surface area contributed by atoms with E-state index in [1.54, 1.807) is 0 Å². The predicted molar refractivity (Wildman–Crippen MR) is 97.0 cm³/mol. The first-order chi connectivity index (χ1) is 12.1. The van der Waals surface area contributed by atoms with Crippen molar-refractivity contribution in [2.24, 2.45) is 0 Å². The van der Waals surface area contributed by atoms with Crippen molar-refractivity contribution in [2.75, 3.05) is 12.8 Å². The topological polar surface area (TPSA) is 109 Å². The fourth-order valence-electron chi connectivity index (χ4n) is 3.03. The summed E-state index contributed by atoms with van der Waals surface area (Å²) in [6, 6.07) is 3.79. The molecule has 1 fully saturated rings. The summed E-state index contributed by atoms with van der Waals surface area (Å²) in [7, 11) is -3.50. The summed E-state index contributed by atoms with van der Waals surface area (Å²) < 4.78 is 23.5. The van der Waals surface area contributed by atoms with Crippen LogP contribution in [-0.2, 0) is 19.4 Å². The van der Waals surface area contributed by atoms with Crippen molar-refractivity contribution in [3.63, 3.8) is 0 Å². The van der Waals surface area contributed by atoms with Gasteiger partial charge in [-0.3, -0.25) is 14.4 Å². The second-order valence-electron chi connectivity index (χ2n) is 6.29. The largest absolute Gasteiger partial charge is 0.480 e. The van der Waals surface area contributed by atoms with Gasteiger partial charge in [0.1, 0.15) is 6.54 Å². The molecule has 142 valence electrons. The van der Waals surface area contributed by atoms with Crippen LogP contribution in [0.25, 0.3) is 0 Å². The highest BCUT2D eigenvalue weighted by Crippen LogP contribution is 2.30. The number of rotatable bonds is 6. The van der Waals surface area contributed by atoms with E-state index in [0.29, 0.717) is 0 Å². The number of carbonyl (C=O) groups excluding carboxylic acids is 2. The fraction of sp³-hybridized carbons (Fsp3) is 0.471. The van der Waals surface area contributed by atoms with Crippen molar-refractivity contribution in [2.45, 2.75) is 48.4 Å². The lowest BCUT2D eigenvalue weighted by molar-refractivity contribution is -0.138. The predicted octanol–water partition coefficient (Wildman–Crippen LogP) is 2.20. The maximum absolute atomic E-state index is 13.0. The molecule has 1 aromatic rings. The molecule has 0 spiro atoms. The molecule has 1 aromatic carbocycles. The fourth-order valence-corrected chi connectivity index (χ4v) is 4.52. The highest BCUT2D eigenvalue weighted by molar-refractivity contribution is 8.13. The Balaban J connectivity index is 2.46. The number of carboxylic acids is 1. The molecule has 1 saturated carbocycles. The lowest BCUT2D eigenvalue weighted by atomic mass is 10.1. The second-order valence-corrected chi connectivity index (χ2v) is 9.52. The summed E-state index contributed by atoms with van der Waals surface area (Å²) in [4.78, 5) is 37.3. The molecule has 1 aliphatic carbocycles. The molecule has 2 rings (SSSR count). The minimum atomic E-state index is -3.50. The average molecular weight is 399 g/mol. The Morgan fingerprint density at radius 1 is 1.23 bits per heavy atom. The minimum Gasteiger partial charge on any atom is -0.480 e. The molecule has 1 amide bonds. The molecule has 1 aliphatic rings. The van der Waals surface area contributed by atoms with Crippen LogP contribution in [0.15, 0.2) is 28.0 Å². The summed E-state index contributed by atoms with van der Waals surface area (Å²) in [6.07, 6.45) is 4.36. The minimum absolute atomic E-state index is 0.00320. The quantitative estimate of drug-likeness (QED) is 0.730. The van der Waals surface area contributed by atoms with Gasteiger partial charge in [-0.05, 0) is 31.0 Å². The van der Waals surface area contributed by atoms with Crippen molar-refractivity contribution < 1.29 is 27.9 Å². The molecular formula is C17H21NO6S2. The zero-order chi connectivity index (χ0) is 19.5. The standard InChI is InChI=1S/C17H21NO6S2/c1-11(19)25-15-9-13(26(2,23)24)7-8-14(15)17(22)18(10-16(20)21)12-5-3-4-6-12/h7-9,12H,3-6,10H2,1-2H3,(H,20,21). The maximum Gasteiger partial charge on any atom is 0.323 e. The first-order valence-electron chi connectivity index (χ1n) is 8.15. The van der Waals surface area contributed by atoms with E-state index in [9.17, 15) is 27.9 Å². The van der Waals surface area contributed by atoms with E-state index in [2.05, 4.69) is 0 Å². The molecular weight excluding hydrogens is 378 g/mol. The number of sulfone groups is 1. The van der Waals surface area contributed by atoms with Crippen LogP contribution in [0.1, 0.15) is 43.0 Å². The van der Waals surface area contributed by atoms with E-state index in [0.717, 1.165) is 43.7 Å². The Bertz CT molecular complexity index is 828. The number of carboxylic acid groups (broad SMARTS) is 1. The van der Waals surface area contributed by atoms with Crippen LogP contribution in [0.5, 0.6) is 0 Å². The molecule has 0 unspecified atom stereocenters. The average Bonchev–Trinajstić information content (AvgIpc) is 3.04. The molecule has 9 heteroatoms. The second kappa shape index (κ2) is 8.22. The molecule has 0 radical (unpaired) electrons. The molecule has 0 aliphatic heterocycles. The molecule has 0 aromatic heterocycles. The zero-order valence-corrected chi connectivity index (χ0v) is 16.2. The summed E-state index contributed by atoms with van der Waals surface area (Å²) in [5.74, 6) is -1.61. The molecule has 1 N–H and O–H groups in total. The lowest BCUT2D eigenvalue weighted by Crippen LogP contribution is -2.42. The first-order valence-corrected chi connectivity index (χ1v) is 10.9. The normalized spacial score (nSPS) is 15.0. The Morgan fingerprint density at radius 2 is 1.85 bits per heavy atom. The highest BCUT2D eigenvalue weighted by Gasteiger charge is 2.30. The molecule has 0 atom stereocenters. The van der Waals surface area contributed by atoms with Crippen LogP contribution in [0.4, 0.5) is 0 Å². The Labute approximate surface area is 156 Å². The van der Waals surface area contributed by atoms with Gasteiger partial charge in [-0.25, -0.2) is 8.42 Å².